The van der Waals surface area contributed by atoms with E-state index < -0.39 is 16.1 Å². The SMILES string of the molecule is CC(C)c1ccc2c(c1)S(=O)(=O)NC(=O)N2C. The van der Waals surface area contributed by atoms with Gasteiger partial charge in [-0.1, -0.05) is 19.9 Å². The summed E-state index contributed by atoms with van der Waals surface area (Å²) in [5, 5.41) is 0. The van der Waals surface area contributed by atoms with Gasteiger partial charge in [-0.2, -0.15) is 0 Å². The number of hydrogen-bond donors (Lipinski definition) is 1. The molecule has 0 spiro atoms. The molecular weight excluding hydrogens is 240 g/mol. The van der Waals surface area contributed by atoms with Crippen molar-refractivity contribution >= 4 is 21.7 Å². The lowest BCUT2D eigenvalue weighted by Crippen LogP contribution is -2.45. The number of amides is 2. The first-order chi connectivity index (χ1) is 7.83. The summed E-state index contributed by atoms with van der Waals surface area (Å²) in [5.41, 5.74) is 1.34. The highest BCUT2D eigenvalue weighted by atomic mass is 32.2. The molecule has 0 unspecified atom stereocenters. The molecule has 2 rings (SSSR count). The number of rotatable bonds is 1. The number of carbonyl (C=O) groups excluding carboxylic acids is 1. The quantitative estimate of drug-likeness (QED) is 0.828. The third kappa shape index (κ3) is 1.88. The molecule has 0 atom stereocenters. The Balaban J connectivity index is 2.68. The zero-order valence-electron chi connectivity index (χ0n) is 9.89. The number of hydrogen-bond acceptors (Lipinski definition) is 3. The Bertz CT molecular complexity index is 578. The highest BCUT2D eigenvalue weighted by Gasteiger charge is 2.31. The van der Waals surface area contributed by atoms with E-state index in [1.165, 1.54) is 11.9 Å². The van der Waals surface area contributed by atoms with E-state index >= 15 is 0 Å². The van der Waals surface area contributed by atoms with Crippen molar-refractivity contribution in [3.63, 3.8) is 0 Å². The minimum atomic E-state index is -3.72. The highest BCUT2D eigenvalue weighted by molar-refractivity contribution is 7.90. The molecule has 17 heavy (non-hydrogen) atoms. The van der Waals surface area contributed by atoms with Gasteiger partial charge >= 0.3 is 6.03 Å². The summed E-state index contributed by atoms with van der Waals surface area (Å²) in [4.78, 5) is 12.9. The van der Waals surface area contributed by atoms with E-state index in [0.717, 1.165) is 5.56 Å². The average molecular weight is 254 g/mol. The minimum Gasteiger partial charge on any atom is -0.295 e. The van der Waals surface area contributed by atoms with Crippen LogP contribution in [0.4, 0.5) is 10.5 Å². The molecule has 0 radical (unpaired) electrons. The Morgan fingerprint density at radius 1 is 1.29 bits per heavy atom. The fraction of sp³-hybridized carbons (Fsp3) is 0.364. The Hall–Kier alpha value is -1.56. The molecule has 0 saturated heterocycles. The number of anilines is 1. The third-order valence-corrected chi connectivity index (χ3v) is 4.18. The maximum atomic E-state index is 11.8. The number of urea groups is 1. The topological polar surface area (TPSA) is 66.5 Å². The molecule has 1 aliphatic heterocycles. The van der Waals surface area contributed by atoms with Crippen LogP contribution >= 0.6 is 0 Å². The Morgan fingerprint density at radius 2 is 1.94 bits per heavy atom. The molecule has 1 N–H and O–H groups in total. The largest absolute Gasteiger partial charge is 0.335 e. The van der Waals surface area contributed by atoms with E-state index in [1.54, 1.807) is 12.1 Å². The number of sulfonamides is 1. The molecule has 1 heterocycles. The molecule has 1 aliphatic rings. The fourth-order valence-electron chi connectivity index (χ4n) is 1.73. The van der Waals surface area contributed by atoms with E-state index in [4.69, 9.17) is 0 Å². The molecule has 0 fully saturated rings. The van der Waals surface area contributed by atoms with Crippen LogP contribution in [0.5, 0.6) is 0 Å². The Labute approximate surface area is 100 Å². The van der Waals surface area contributed by atoms with Gasteiger partial charge in [-0.25, -0.2) is 17.9 Å². The lowest BCUT2D eigenvalue weighted by atomic mass is 10.0. The second-order valence-corrected chi connectivity index (χ2v) is 6.00. The first-order valence-electron chi connectivity index (χ1n) is 5.27. The van der Waals surface area contributed by atoms with Crippen LogP contribution in [0.15, 0.2) is 23.1 Å². The summed E-state index contributed by atoms with van der Waals surface area (Å²) in [6.45, 7) is 3.97. The molecule has 0 aliphatic carbocycles. The second kappa shape index (κ2) is 3.73. The molecular formula is C11H14N2O3S. The first kappa shape index (κ1) is 11.9. The lowest BCUT2D eigenvalue weighted by molar-refractivity contribution is 0.251. The van der Waals surface area contributed by atoms with E-state index in [1.807, 2.05) is 24.6 Å². The molecule has 0 aromatic heterocycles. The minimum absolute atomic E-state index is 0.158. The molecule has 2 amide bonds. The van der Waals surface area contributed by atoms with E-state index in [-0.39, 0.29) is 10.8 Å². The second-order valence-electron chi connectivity index (χ2n) is 4.35. The predicted molar refractivity (Wildman–Crippen MR) is 64.7 cm³/mol. The van der Waals surface area contributed by atoms with Crippen LogP contribution in [0.2, 0.25) is 0 Å². The zero-order valence-corrected chi connectivity index (χ0v) is 10.7. The van der Waals surface area contributed by atoms with Crippen molar-refractivity contribution in [3.8, 4) is 0 Å². The van der Waals surface area contributed by atoms with Crippen LogP contribution in [0.3, 0.4) is 0 Å². The maximum Gasteiger partial charge on any atom is 0.335 e. The van der Waals surface area contributed by atoms with Crippen LogP contribution in [0, 0.1) is 0 Å². The molecule has 1 aromatic rings. The number of benzene rings is 1. The Morgan fingerprint density at radius 3 is 2.53 bits per heavy atom. The summed E-state index contributed by atoms with van der Waals surface area (Å²) in [5.74, 6) is 0.235. The van der Waals surface area contributed by atoms with Crippen molar-refractivity contribution in [2.75, 3.05) is 11.9 Å². The fourth-order valence-corrected chi connectivity index (χ4v) is 2.98. The van der Waals surface area contributed by atoms with Crippen molar-refractivity contribution in [1.29, 1.82) is 0 Å². The van der Waals surface area contributed by atoms with Gasteiger partial charge in [-0.3, -0.25) is 4.90 Å². The Kier molecular flexibility index (Phi) is 2.61. The van der Waals surface area contributed by atoms with E-state index in [9.17, 15) is 13.2 Å². The van der Waals surface area contributed by atoms with Gasteiger partial charge in [0.15, 0.2) is 0 Å². The third-order valence-electron chi connectivity index (χ3n) is 2.83. The summed E-state index contributed by atoms with van der Waals surface area (Å²) < 4.78 is 25.7. The van der Waals surface area contributed by atoms with Crippen molar-refractivity contribution < 1.29 is 13.2 Å². The van der Waals surface area contributed by atoms with E-state index in [0.29, 0.717) is 5.69 Å². The van der Waals surface area contributed by atoms with Crippen molar-refractivity contribution in [1.82, 2.24) is 4.72 Å². The van der Waals surface area contributed by atoms with Gasteiger partial charge < -0.3 is 0 Å². The molecule has 6 heteroatoms. The summed E-state index contributed by atoms with van der Waals surface area (Å²) in [7, 11) is -2.18. The zero-order chi connectivity index (χ0) is 12.8. The first-order valence-corrected chi connectivity index (χ1v) is 6.75. The van der Waals surface area contributed by atoms with Gasteiger partial charge in [-0.05, 0) is 23.6 Å². The number of carbonyl (C=O) groups is 1. The summed E-state index contributed by atoms with van der Waals surface area (Å²) in [6.07, 6.45) is 0. The molecule has 92 valence electrons. The monoisotopic (exact) mass is 254 g/mol. The van der Waals surface area contributed by atoms with Crippen molar-refractivity contribution in [2.45, 2.75) is 24.7 Å². The molecule has 0 bridgehead atoms. The van der Waals surface area contributed by atoms with Crippen LogP contribution in [-0.2, 0) is 10.0 Å². The van der Waals surface area contributed by atoms with Gasteiger partial charge in [0.1, 0.15) is 4.90 Å². The predicted octanol–water partition coefficient (Wildman–Crippen LogP) is 1.66. The van der Waals surface area contributed by atoms with Gasteiger partial charge in [0.25, 0.3) is 10.0 Å². The van der Waals surface area contributed by atoms with Crippen LogP contribution in [0.25, 0.3) is 0 Å². The van der Waals surface area contributed by atoms with E-state index in [2.05, 4.69) is 0 Å². The van der Waals surface area contributed by atoms with Crippen LogP contribution in [0.1, 0.15) is 25.3 Å². The summed E-state index contributed by atoms with van der Waals surface area (Å²) >= 11 is 0. The maximum absolute atomic E-state index is 11.8. The molecule has 0 saturated carbocycles. The van der Waals surface area contributed by atoms with Gasteiger partial charge in [0, 0.05) is 7.05 Å². The van der Waals surface area contributed by atoms with Gasteiger partial charge in [0.2, 0.25) is 0 Å². The van der Waals surface area contributed by atoms with Gasteiger partial charge in [0.05, 0.1) is 5.69 Å². The van der Waals surface area contributed by atoms with Crippen LogP contribution < -0.4 is 9.62 Å². The average Bonchev–Trinajstić information content (AvgIpc) is 2.25. The number of fused-ring (bicyclic) bond motifs is 1. The highest BCUT2D eigenvalue weighted by Crippen LogP contribution is 2.31. The van der Waals surface area contributed by atoms with Gasteiger partial charge in [-0.15, -0.1) is 0 Å². The van der Waals surface area contributed by atoms with Crippen molar-refractivity contribution in [2.24, 2.45) is 0 Å². The summed E-state index contributed by atoms with van der Waals surface area (Å²) in [6, 6.07) is 4.50. The standard InChI is InChI=1S/C11H14N2O3S/c1-7(2)8-4-5-9-10(6-8)17(15,16)12-11(14)13(9)3/h4-7H,1-3H3,(H,12,14). The number of nitrogens with one attached hydrogen (secondary N) is 1. The van der Waals surface area contributed by atoms with Crippen LogP contribution in [-0.4, -0.2) is 21.5 Å². The number of nitrogens with zero attached hydrogens (tertiary/aromatic N) is 1. The normalized spacial score (nSPS) is 17.9. The van der Waals surface area contributed by atoms with Crippen molar-refractivity contribution in [3.05, 3.63) is 23.8 Å². The lowest BCUT2D eigenvalue weighted by Gasteiger charge is -2.26. The molecule has 5 nitrogen and oxygen atoms in total. The molecule has 1 aromatic carbocycles. The smallest absolute Gasteiger partial charge is 0.295 e.